The van der Waals surface area contributed by atoms with E-state index in [4.69, 9.17) is 18.9 Å². The van der Waals surface area contributed by atoms with Crippen molar-refractivity contribution < 1.29 is 23.3 Å². The third-order valence-corrected chi connectivity index (χ3v) is 4.77. The summed E-state index contributed by atoms with van der Waals surface area (Å²) in [6.07, 6.45) is 3.42. The molecular weight excluding hydrogens is 468 g/mol. The van der Waals surface area contributed by atoms with Crippen molar-refractivity contribution in [3.05, 3.63) is 27.2 Å². The largest absolute Gasteiger partial charge is 0.485 e. The second-order valence-electron chi connectivity index (χ2n) is 5.99. The van der Waals surface area contributed by atoms with Gasteiger partial charge in [-0.15, -0.1) is 0 Å². The molecule has 0 saturated heterocycles. The van der Waals surface area contributed by atoms with Gasteiger partial charge in [0, 0.05) is 20.2 Å². The molecule has 1 aliphatic rings. The molecule has 1 heterocycles. The minimum Gasteiger partial charge on any atom is -0.485 e. The number of aryl methyl sites for hydroxylation is 1. The van der Waals surface area contributed by atoms with Crippen LogP contribution in [0.25, 0.3) is 11.3 Å². The van der Waals surface area contributed by atoms with E-state index < -0.39 is 5.82 Å². The Balaban J connectivity index is 2.00. The van der Waals surface area contributed by atoms with Crippen LogP contribution in [0.3, 0.4) is 0 Å². The number of aromatic nitrogens is 2. The van der Waals surface area contributed by atoms with E-state index in [1.165, 1.54) is 10.7 Å². The minimum atomic E-state index is -0.580. The summed E-state index contributed by atoms with van der Waals surface area (Å²) in [5.41, 5.74) is 0.772. The van der Waals surface area contributed by atoms with Gasteiger partial charge in [0.1, 0.15) is 17.4 Å². The van der Waals surface area contributed by atoms with Crippen LogP contribution in [0.15, 0.2) is 12.3 Å². The molecule has 0 radical (unpaired) electrons. The Labute approximate surface area is 170 Å². The molecule has 0 spiro atoms. The quantitative estimate of drug-likeness (QED) is 0.307. The Morgan fingerprint density at radius 1 is 1.41 bits per heavy atom. The maximum atomic E-state index is 15.0. The molecule has 0 N–H and O–H groups in total. The molecule has 1 aromatic heterocycles. The van der Waals surface area contributed by atoms with Gasteiger partial charge in [0.2, 0.25) is 0 Å². The van der Waals surface area contributed by atoms with Crippen LogP contribution in [0.1, 0.15) is 18.4 Å². The van der Waals surface area contributed by atoms with Gasteiger partial charge in [-0.3, -0.25) is 4.68 Å². The van der Waals surface area contributed by atoms with Crippen molar-refractivity contribution in [3.8, 4) is 28.8 Å². The number of hydrogen-bond donors (Lipinski definition) is 0. The molecule has 0 atom stereocenters. The second-order valence-corrected chi connectivity index (χ2v) is 7.15. The zero-order valence-corrected chi connectivity index (χ0v) is 17.2. The molecule has 144 valence electrons. The van der Waals surface area contributed by atoms with Crippen LogP contribution in [-0.4, -0.2) is 43.0 Å². The zero-order chi connectivity index (χ0) is 19.4. The molecule has 2 aromatic rings. The maximum Gasteiger partial charge on any atom is 0.189 e. The monoisotopic (exact) mass is 487 g/mol. The number of nitriles is 1. The lowest BCUT2D eigenvalue weighted by Gasteiger charge is -2.17. The lowest BCUT2D eigenvalue weighted by atomic mass is 10.0. The van der Waals surface area contributed by atoms with Crippen LogP contribution < -0.4 is 9.47 Å². The summed E-state index contributed by atoms with van der Waals surface area (Å²) in [5, 5.41) is 13.9. The van der Waals surface area contributed by atoms with E-state index in [1.54, 1.807) is 20.4 Å². The number of halogens is 2. The van der Waals surface area contributed by atoms with Crippen molar-refractivity contribution in [1.82, 2.24) is 9.78 Å². The van der Waals surface area contributed by atoms with Crippen molar-refractivity contribution in [1.29, 1.82) is 5.26 Å². The van der Waals surface area contributed by atoms with E-state index in [-0.39, 0.29) is 35.5 Å². The molecule has 0 unspecified atom stereocenters. The van der Waals surface area contributed by atoms with Gasteiger partial charge in [-0.1, -0.05) is 0 Å². The normalized spacial score (nSPS) is 13.4. The second kappa shape index (κ2) is 8.86. The highest BCUT2D eigenvalue weighted by Gasteiger charge is 2.30. The van der Waals surface area contributed by atoms with E-state index in [1.807, 2.05) is 0 Å². The number of hydrogen-bond acceptors (Lipinski definition) is 6. The average Bonchev–Trinajstić information content (AvgIpc) is 3.41. The summed E-state index contributed by atoms with van der Waals surface area (Å²) in [6.45, 7) is 0.663. The topological polar surface area (TPSA) is 78.5 Å². The molecule has 3 rings (SSSR count). The van der Waals surface area contributed by atoms with Gasteiger partial charge in [-0.25, -0.2) is 4.39 Å². The Hall–Kier alpha value is -1.90. The molecule has 1 saturated carbocycles. The predicted molar refractivity (Wildman–Crippen MR) is 103 cm³/mol. The van der Waals surface area contributed by atoms with Crippen molar-refractivity contribution in [2.75, 3.05) is 27.1 Å². The van der Waals surface area contributed by atoms with E-state index in [2.05, 4.69) is 33.8 Å². The maximum absolute atomic E-state index is 15.0. The van der Waals surface area contributed by atoms with Crippen LogP contribution in [0.4, 0.5) is 4.39 Å². The van der Waals surface area contributed by atoms with Gasteiger partial charge < -0.3 is 18.9 Å². The Bertz CT molecular complexity index is 842. The summed E-state index contributed by atoms with van der Waals surface area (Å²) in [4.78, 5) is 0. The van der Waals surface area contributed by atoms with Crippen LogP contribution in [0, 0.1) is 20.7 Å². The summed E-state index contributed by atoms with van der Waals surface area (Å²) >= 11 is 2.06. The highest BCUT2D eigenvalue weighted by atomic mass is 127. The lowest BCUT2D eigenvalue weighted by Crippen LogP contribution is -2.11. The smallest absolute Gasteiger partial charge is 0.189 e. The first-order valence-electron chi connectivity index (χ1n) is 8.37. The first-order valence-corrected chi connectivity index (χ1v) is 9.45. The fourth-order valence-electron chi connectivity index (χ4n) is 2.52. The summed E-state index contributed by atoms with van der Waals surface area (Å²) in [5.74, 6) is -0.193. The Morgan fingerprint density at radius 3 is 2.78 bits per heavy atom. The number of ether oxygens (including phenoxy) is 4. The van der Waals surface area contributed by atoms with Crippen molar-refractivity contribution >= 4 is 22.6 Å². The number of rotatable bonds is 9. The highest BCUT2D eigenvalue weighted by molar-refractivity contribution is 14.1. The Morgan fingerprint density at radius 2 is 2.19 bits per heavy atom. The van der Waals surface area contributed by atoms with E-state index in [0.717, 1.165) is 16.4 Å². The fourth-order valence-corrected chi connectivity index (χ4v) is 3.27. The molecule has 0 amide bonds. The lowest BCUT2D eigenvalue weighted by molar-refractivity contribution is -0.00990. The van der Waals surface area contributed by atoms with Crippen LogP contribution >= 0.6 is 22.6 Å². The molecule has 27 heavy (non-hydrogen) atoms. The first-order chi connectivity index (χ1) is 13.1. The number of benzene rings is 1. The van der Waals surface area contributed by atoms with Gasteiger partial charge >= 0.3 is 0 Å². The minimum absolute atomic E-state index is 0.0118. The van der Waals surface area contributed by atoms with E-state index in [0.29, 0.717) is 18.9 Å². The molecule has 1 aromatic carbocycles. The zero-order valence-electron chi connectivity index (χ0n) is 15.0. The molecular formula is C18H19FIN3O4. The van der Waals surface area contributed by atoms with Crippen molar-refractivity contribution in [2.45, 2.75) is 18.9 Å². The van der Waals surface area contributed by atoms with Gasteiger partial charge in [-0.2, -0.15) is 10.4 Å². The molecule has 1 aliphatic carbocycles. The standard InChI is InChI=1S/C18H19FIN3O4/c1-23-17(14(20)9-22-23)16-12(8-21)18(27-11-3-4-11)15(7-13(16)19)26-10-25-6-5-24-2/h7,9,11H,3-6,10H2,1-2H3. The third-order valence-electron chi connectivity index (χ3n) is 3.98. The van der Waals surface area contributed by atoms with Crippen LogP contribution in [0.2, 0.25) is 0 Å². The van der Waals surface area contributed by atoms with Gasteiger partial charge in [0.15, 0.2) is 18.3 Å². The average molecular weight is 487 g/mol. The summed E-state index contributed by atoms with van der Waals surface area (Å²) < 4.78 is 38.9. The van der Waals surface area contributed by atoms with Gasteiger partial charge in [0.25, 0.3) is 0 Å². The SMILES string of the molecule is COCCOCOc1cc(F)c(-c2c(I)cnn2C)c(C#N)c1OC1CC1. The first kappa shape index (κ1) is 19.9. The molecule has 0 bridgehead atoms. The van der Waals surface area contributed by atoms with Crippen molar-refractivity contribution in [2.24, 2.45) is 7.05 Å². The Kier molecular flexibility index (Phi) is 6.51. The molecule has 9 heteroatoms. The van der Waals surface area contributed by atoms with Crippen LogP contribution in [0.5, 0.6) is 11.5 Å². The summed E-state index contributed by atoms with van der Waals surface area (Å²) in [6, 6.07) is 3.31. The third kappa shape index (κ3) is 4.51. The number of methoxy groups -OCH3 is 1. The predicted octanol–water partition coefficient (Wildman–Crippen LogP) is 3.24. The molecule has 0 aliphatic heterocycles. The summed E-state index contributed by atoms with van der Waals surface area (Å²) in [7, 11) is 3.27. The van der Waals surface area contributed by atoms with Crippen LogP contribution in [-0.2, 0) is 16.5 Å². The van der Waals surface area contributed by atoms with Gasteiger partial charge in [0.05, 0.1) is 40.3 Å². The van der Waals surface area contributed by atoms with Crippen molar-refractivity contribution in [3.63, 3.8) is 0 Å². The van der Waals surface area contributed by atoms with Gasteiger partial charge in [-0.05, 0) is 35.4 Å². The fraction of sp³-hybridized carbons (Fsp3) is 0.444. The molecule has 1 fully saturated rings. The van der Waals surface area contributed by atoms with E-state index in [9.17, 15) is 9.65 Å². The molecule has 7 nitrogen and oxygen atoms in total. The highest BCUT2D eigenvalue weighted by Crippen LogP contribution is 2.43. The van der Waals surface area contributed by atoms with E-state index >= 15 is 0 Å². The number of nitrogens with zero attached hydrogens (tertiary/aromatic N) is 3.